The van der Waals surface area contributed by atoms with Gasteiger partial charge in [-0.25, -0.2) is 0 Å². The fraction of sp³-hybridized carbons (Fsp3) is 0.700. The third-order valence-corrected chi connectivity index (χ3v) is 6.74. The van der Waals surface area contributed by atoms with E-state index in [1.807, 2.05) is 0 Å². The molecule has 4 atom stereocenters. The third kappa shape index (κ3) is 2.41. The lowest BCUT2D eigenvalue weighted by Crippen LogP contribution is -2.60. The lowest BCUT2D eigenvalue weighted by molar-refractivity contribution is 0.0521. The number of fused-ring (bicyclic) bond motifs is 1. The maximum absolute atomic E-state index is 4.06. The summed E-state index contributed by atoms with van der Waals surface area (Å²) in [5, 5.41) is 4.06. The van der Waals surface area contributed by atoms with Gasteiger partial charge in [0.1, 0.15) is 0 Å². The lowest BCUT2D eigenvalue weighted by Gasteiger charge is -2.54. The van der Waals surface area contributed by atoms with Gasteiger partial charge in [-0.2, -0.15) is 0 Å². The van der Waals surface area contributed by atoms with Gasteiger partial charge in [0.05, 0.1) is 0 Å². The number of nitrogens with zero attached hydrogens (tertiary/aromatic N) is 1. The molecule has 4 rings (SSSR count). The molecule has 1 N–H and O–H groups in total. The van der Waals surface area contributed by atoms with Gasteiger partial charge in [0.2, 0.25) is 0 Å². The monoisotopic (exact) mass is 298 g/mol. The second kappa shape index (κ2) is 5.65. The summed E-state index contributed by atoms with van der Waals surface area (Å²) in [7, 11) is 0. The van der Waals surface area contributed by atoms with Crippen molar-refractivity contribution in [2.75, 3.05) is 13.1 Å². The summed E-state index contributed by atoms with van der Waals surface area (Å²) in [6, 6.07) is 13.3. The Bertz CT molecular complexity index is 510. The van der Waals surface area contributed by atoms with Crippen LogP contribution in [0.1, 0.15) is 57.4 Å². The normalized spacial score (nSPS) is 37.5. The predicted octanol–water partition coefficient (Wildman–Crippen LogP) is 3.79. The number of hydrogen-bond acceptors (Lipinski definition) is 2. The van der Waals surface area contributed by atoms with E-state index in [-0.39, 0.29) is 0 Å². The number of rotatable bonds is 3. The summed E-state index contributed by atoms with van der Waals surface area (Å²) in [5.74, 6) is 0.718. The van der Waals surface area contributed by atoms with E-state index >= 15 is 0 Å². The Morgan fingerprint density at radius 3 is 2.64 bits per heavy atom. The van der Waals surface area contributed by atoms with Crippen LogP contribution in [0.25, 0.3) is 0 Å². The second-order valence-corrected chi connectivity index (χ2v) is 8.23. The van der Waals surface area contributed by atoms with E-state index in [4.69, 9.17) is 0 Å². The highest BCUT2D eigenvalue weighted by atomic mass is 15.2. The molecule has 2 heterocycles. The summed E-state index contributed by atoms with van der Waals surface area (Å²) in [6.07, 6.45) is 6.91. The van der Waals surface area contributed by atoms with Gasteiger partial charge < -0.3 is 5.32 Å². The van der Waals surface area contributed by atoms with Crippen molar-refractivity contribution in [1.29, 1.82) is 0 Å². The Balaban J connectivity index is 1.41. The Kier molecular flexibility index (Phi) is 3.78. The molecule has 1 saturated carbocycles. The fourth-order valence-electron chi connectivity index (χ4n) is 5.16. The number of benzene rings is 1. The van der Waals surface area contributed by atoms with Gasteiger partial charge in [-0.3, -0.25) is 4.90 Å². The van der Waals surface area contributed by atoms with E-state index in [2.05, 4.69) is 54.4 Å². The summed E-state index contributed by atoms with van der Waals surface area (Å²) in [6.45, 7) is 7.57. The van der Waals surface area contributed by atoms with Crippen molar-refractivity contribution in [2.45, 2.75) is 70.0 Å². The average Bonchev–Trinajstić information content (AvgIpc) is 2.95. The quantitative estimate of drug-likeness (QED) is 0.913. The molecule has 0 aromatic heterocycles. The first kappa shape index (κ1) is 14.7. The Morgan fingerprint density at radius 2 is 1.86 bits per heavy atom. The Labute approximate surface area is 135 Å². The maximum Gasteiger partial charge on any atom is 0.0249 e. The molecular weight excluding hydrogens is 268 g/mol. The number of hydrogen-bond donors (Lipinski definition) is 1. The molecule has 3 fully saturated rings. The smallest absolute Gasteiger partial charge is 0.0249 e. The molecule has 1 aliphatic carbocycles. The molecule has 2 aliphatic heterocycles. The van der Waals surface area contributed by atoms with Crippen molar-refractivity contribution in [1.82, 2.24) is 10.2 Å². The molecule has 2 nitrogen and oxygen atoms in total. The molecular formula is C20H30N2. The molecule has 2 heteroatoms. The van der Waals surface area contributed by atoms with E-state index in [1.54, 1.807) is 0 Å². The van der Waals surface area contributed by atoms with Crippen LogP contribution in [-0.2, 0) is 0 Å². The van der Waals surface area contributed by atoms with Crippen molar-refractivity contribution in [3.63, 3.8) is 0 Å². The minimum absolute atomic E-state index is 0.378. The summed E-state index contributed by atoms with van der Waals surface area (Å²) < 4.78 is 0. The summed E-state index contributed by atoms with van der Waals surface area (Å²) >= 11 is 0. The van der Waals surface area contributed by atoms with Gasteiger partial charge in [0.25, 0.3) is 0 Å². The first-order valence-electron chi connectivity index (χ1n) is 9.21. The van der Waals surface area contributed by atoms with Crippen LogP contribution in [0, 0.1) is 5.41 Å². The molecule has 1 aromatic rings. The van der Waals surface area contributed by atoms with Gasteiger partial charge in [-0.15, -0.1) is 0 Å². The van der Waals surface area contributed by atoms with Gasteiger partial charge in [0, 0.05) is 24.7 Å². The molecule has 0 radical (unpaired) electrons. The van der Waals surface area contributed by atoms with E-state index in [0.29, 0.717) is 11.5 Å². The van der Waals surface area contributed by atoms with Gasteiger partial charge in [-0.1, -0.05) is 50.6 Å². The van der Waals surface area contributed by atoms with Gasteiger partial charge >= 0.3 is 0 Å². The van der Waals surface area contributed by atoms with Crippen molar-refractivity contribution in [2.24, 2.45) is 5.41 Å². The molecule has 22 heavy (non-hydrogen) atoms. The fourth-order valence-corrected chi connectivity index (χ4v) is 5.16. The Morgan fingerprint density at radius 1 is 1.05 bits per heavy atom. The molecule has 4 unspecified atom stereocenters. The summed E-state index contributed by atoms with van der Waals surface area (Å²) in [5.41, 5.74) is 1.90. The van der Waals surface area contributed by atoms with Crippen LogP contribution in [-0.4, -0.2) is 36.1 Å². The predicted molar refractivity (Wildman–Crippen MR) is 92.1 cm³/mol. The lowest BCUT2D eigenvalue weighted by atomic mass is 9.56. The van der Waals surface area contributed by atoms with Crippen molar-refractivity contribution in [3.8, 4) is 0 Å². The molecule has 0 amide bonds. The first-order valence-corrected chi connectivity index (χ1v) is 9.21. The molecule has 2 saturated heterocycles. The average molecular weight is 298 g/mol. The Hall–Kier alpha value is -0.860. The number of nitrogens with one attached hydrogen (secondary N) is 1. The van der Waals surface area contributed by atoms with Crippen LogP contribution >= 0.6 is 0 Å². The molecule has 0 spiro atoms. The zero-order valence-corrected chi connectivity index (χ0v) is 14.1. The standard InChI is InChI=1S/C20H30N2/c1-20(2)16(15-8-4-3-5-9-15)14-19(20)21-17-11-13-22-12-7-6-10-18(17)22/h3-5,8-9,16-19,21H,6-7,10-14H2,1-2H3. The largest absolute Gasteiger partial charge is 0.309 e. The highest BCUT2D eigenvalue weighted by Gasteiger charge is 2.50. The zero-order valence-electron chi connectivity index (χ0n) is 14.1. The van der Waals surface area contributed by atoms with E-state index < -0.39 is 0 Å². The third-order valence-electron chi connectivity index (χ3n) is 6.74. The van der Waals surface area contributed by atoms with Crippen LogP contribution in [0.5, 0.6) is 0 Å². The summed E-state index contributed by atoms with van der Waals surface area (Å²) in [4.78, 5) is 2.74. The van der Waals surface area contributed by atoms with Crippen LogP contribution in [0.4, 0.5) is 0 Å². The van der Waals surface area contributed by atoms with E-state index in [9.17, 15) is 0 Å². The second-order valence-electron chi connectivity index (χ2n) is 8.23. The van der Waals surface area contributed by atoms with Crippen LogP contribution in [0.2, 0.25) is 0 Å². The van der Waals surface area contributed by atoms with Crippen LogP contribution in [0.3, 0.4) is 0 Å². The minimum Gasteiger partial charge on any atom is -0.309 e. The highest BCUT2D eigenvalue weighted by molar-refractivity contribution is 5.27. The molecule has 3 aliphatic rings. The van der Waals surface area contributed by atoms with Crippen LogP contribution < -0.4 is 5.32 Å². The van der Waals surface area contributed by atoms with Crippen molar-refractivity contribution >= 4 is 0 Å². The number of piperidine rings is 1. The minimum atomic E-state index is 0.378. The zero-order chi connectivity index (χ0) is 15.2. The molecule has 120 valence electrons. The van der Waals surface area contributed by atoms with Gasteiger partial charge in [0.15, 0.2) is 0 Å². The van der Waals surface area contributed by atoms with Crippen molar-refractivity contribution < 1.29 is 0 Å². The topological polar surface area (TPSA) is 15.3 Å². The van der Waals surface area contributed by atoms with Crippen molar-refractivity contribution in [3.05, 3.63) is 35.9 Å². The SMILES string of the molecule is CC1(C)C(NC2CCN3CCCCC23)CC1c1ccccc1. The van der Waals surface area contributed by atoms with Crippen LogP contribution in [0.15, 0.2) is 30.3 Å². The first-order chi connectivity index (χ1) is 10.7. The van der Waals surface area contributed by atoms with E-state index in [1.165, 1.54) is 50.8 Å². The highest BCUT2D eigenvalue weighted by Crippen LogP contribution is 2.52. The molecule has 0 bridgehead atoms. The van der Waals surface area contributed by atoms with Gasteiger partial charge in [-0.05, 0) is 49.1 Å². The van der Waals surface area contributed by atoms with E-state index in [0.717, 1.165) is 18.0 Å². The maximum atomic E-state index is 4.06. The molecule has 1 aromatic carbocycles.